The second-order valence-electron chi connectivity index (χ2n) is 8.16. The second kappa shape index (κ2) is 11.5. The first-order valence-corrected chi connectivity index (χ1v) is 11.8. The number of para-hydroxylation sites is 1. The minimum Gasteiger partial charge on any atom is -0.366 e. The van der Waals surface area contributed by atoms with Crippen molar-refractivity contribution < 1.29 is 4.79 Å². The van der Waals surface area contributed by atoms with Gasteiger partial charge < -0.3 is 15.1 Å². The number of likely N-dealkylation sites (N-methyl/N-ethyl adjacent to an activating group) is 1. The number of rotatable bonds is 6. The SMILES string of the molecule is CCN1CCN(c2c(Cl)cccc2NC(=S)NC(=O)C=Cc2ccc(C(C)C)cc2)CC1. The fourth-order valence-electron chi connectivity index (χ4n) is 3.70. The number of anilines is 2. The fraction of sp³-hybridized carbons (Fsp3) is 0.360. The van der Waals surface area contributed by atoms with E-state index in [9.17, 15) is 4.79 Å². The van der Waals surface area contributed by atoms with Crippen LogP contribution in [0.25, 0.3) is 6.08 Å². The van der Waals surface area contributed by atoms with Gasteiger partial charge in [0.25, 0.3) is 0 Å². The van der Waals surface area contributed by atoms with Gasteiger partial charge in [0.1, 0.15) is 0 Å². The summed E-state index contributed by atoms with van der Waals surface area (Å²) in [7, 11) is 0. The molecular formula is C25H31ClN4OS. The van der Waals surface area contributed by atoms with Gasteiger partial charge in [0.15, 0.2) is 5.11 Å². The van der Waals surface area contributed by atoms with Crippen LogP contribution in [0.2, 0.25) is 5.02 Å². The maximum absolute atomic E-state index is 12.3. The highest BCUT2D eigenvalue weighted by Crippen LogP contribution is 2.34. The van der Waals surface area contributed by atoms with Crippen molar-refractivity contribution in [3.63, 3.8) is 0 Å². The molecule has 0 bridgehead atoms. The molecule has 2 N–H and O–H groups in total. The van der Waals surface area contributed by atoms with Crippen molar-refractivity contribution in [2.75, 3.05) is 42.9 Å². The number of hydrogen-bond donors (Lipinski definition) is 2. The number of carbonyl (C=O) groups excluding carboxylic acids is 1. The lowest BCUT2D eigenvalue weighted by atomic mass is 10.0. The third kappa shape index (κ3) is 6.55. The largest absolute Gasteiger partial charge is 0.366 e. The minimum atomic E-state index is -0.282. The number of carbonyl (C=O) groups is 1. The van der Waals surface area contributed by atoms with Gasteiger partial charge in [-0.1, -0.05) is 62.7 Å². The maximum Gasteiger partial charge on any atom is 0.250 e. The predicted molar refractivity (Wildman–Crippen MR) is 140 cm³/mol. The number of nitrogens with one attached hydrogen (secondary N) is 2. The Kier molecular flexibility index (Phi) is 8.67. The van der Waals surface area contributed by atoms with Crippen molar-refractivity contribution in [3.05, 3.63) is 64.7 Å². The summed E-state index contributed by atoms with van der Waals surface area (Å²) >= 11 is 11.9. The number of piperazine rings is 1. The van der Waals surface area contributed by atoms with Crippen LogP contribution < -0.4 is 15.5 Å². The first-order chi connectivity index (χ1) is 15.4. The van der Waals surface area contributed by atoms with Gasteiger partial charge in [-0.15, -0.1) is 0 Å². The fourth-order valence-corrected chi connectivity index (χ4v) is 4.20. The molecule has 0 unspecified atom stereocenters. The minimum absolute atomic E-state index is 0.241. The van der Waals surface area contributed by atoms with Crippen LogP contribution in [0, 0.1) is 0 Å². The average molecular weight is 471 g/mol. The Morgan fingerprint density at radius 1 is 1.12 bits per heavy atom. The molecule has 2 aromatic rings. The zero-order valence-electron chi connectivity index (χ0n) is 18.9. The summed E-state index contributed by atoms with van der Waals surface area (Å²) in [6, 6.07) is 13.9. The lowest BCUT2D eigenvalue weighted by Crippen LogP contribution is -2.46. The standard InChI is InChI=1S/C25H31ClN4OS/c1-4-29-14-16-30(17-15-29)24-21(26)6-5-7-22(24)27-25(32)28-23(31)13-10-19-8-11-20(12-9-19)18(2)3/h5-13,18H,4,14-17H2,1-3H3,(H2,27,28,31,32). The molecule has 0 atom stereocenters. The van der Waals surface area contributed by atoms with Crippen molar-refractivity contribution in [3.8, 4) is 0 Å². The normalized spacial score (nSPS) is 14.7. The van der Waals surface area contributed by atoms with E-state index in [1.54, 1.807) is 6.08 Å². The summed E-state index contributed by atoms with van der Waals surface area (Å²) in [5.74, 6) is 0.197. The molecule has 5 nitrogen and oxygen atoms in total. The van der Waals surface area contributed by atoms with Gasteiger partial charge in [-0.3, -0.25) is 10.1 Å². The van der Waals surface area contributed by atoms with Crippen molar-refractivity contribution in [1.29, 1.82) is 0 Å². The molecule has 0 aliphatic carbocycles. The van der Waals surface area contributed by atoms with Gasteiger partial charge in [-0.25, -0.2) is 0 Å². The molecule has 32 heavy (non-hydrogen) atoms. The van der Waals surface area contributed by atoms with E-state index in [0.717, 1.165) is 49.7 Å². The third-order valence-electron chi connectivity index (χ3n) is 5.64. The van der Waals surface area contributed by atoms with E-state index >= 15 is 0 Å². The molecule has 1 aliphatic heterocycles. The Balaban J connectivity index is 1.61. The van der Waals surface area contributed by atoms with Crippen molar-refractivity contribution >= 4 is 52.3 Å². The van der Waals surface area contributed by atoms with Gasteiger partial charge in [-0.05, 0) is 54.0 Å². The molecule has 1 saturated heterocycles. The zero-order chi connectivity index (χ0) is 23.1. The smallest absolute Gasteiger partial charge is 0.250 e. The summed E-state index contributed by atoms with van der Waals surface area (Å²) in [4.78, 5) is 17.0. The van der Waals surface area contributed by atoms with E-state index in [-0.39, 0.29) is 11.0 Å². The molecule has 0 saturated carbocycles. The van der Waals surface area contributed by atoms with Crippen molar-refractivity contribution in [1.82, 2.24) is 10.2 Å². The number of halogens is 1. The van der Waals surface area contributed by atoms with Crippen LogP contribution >= 0.6 is 23.8 Å². The van der Waals surface area contributed by atoms with Gasteiger partial charge in [0, 0.05) is 32.3 Å². The zero-order valence-corrected chi connectivity index (χ0v) is 20.5. The number of amides is 1. The molecule has 1 heterocycles. The van der Waals surface area contributed by atoms with E-state index in [1.165, 1.54) is 11.6 Å². The van der Waals surface area contributed by atoms with Crippen LogP contribution in [0.4, 0.5) is 11.4 Å². The Morgan fingerprint density at radius 3 is 2.44 bits per heavy atom. The van der Waals surface area contributed by atoms with E-state index < -0.39 is 0 Å². The predicted octanol–water partition coefficient (Wildman–Crippen LogP) is 5.13. The highest BCUT2D eigenvalue weighted by Gasteiger charge is 2.21. The quantitative estimate of drug-likeness (QED) is 0.452. The number of hydrogen-bond acceptors (Lipinski definition) is 4. The van der Waals surface area contributed by atoms with E-state index in [2.05, 4.69) is 53.3 Å². The first-order valence-electron chi connectivity index (χ1n) is 11.0. The average Bonchev–Trinajstić information content (AvgIpc) is 2.78. The summed E-state index contributed by atoms with van der Waals surface area (Å²) in [5.41, 5.74) is 3.94. The molecule has 0 spiro atoms. The van der Waals surface area contributed by atoms with Crippen LogP contribution in [-0.4, -0.2) is 48.6 Å². The highest BCUT2D eigenvalue weighted by atomic mass is 35.5. The van der Waals surface area contributed by atoms with Gasteiger partial charge in [-0.2, -0.15) is 0 Å². The summed E-state index contributed by atoms with van der Waals surface area (Å²) in [6.45, 7) is 11.3. The second-order valence-corrected chi connectivity index (χ2v) is 8.97. The monoisotopic (exact) mass is 470 g/mol. The Bertz CT molecular complexity index is 966. The van der Waals surface area contributed by atoms with Crippen LogP contribution in [0.1, 0.15) is 37.8 Å². The lowest BCUT2D eigenvalue weighted by molar-refractivity contribution is -0.115. The van der Waals surface area contributed by atoms with Gasteiger partial charge in [0.05, 0.1) is 16.4 Å². The molecule has 1 aliphatic rings. The van der Waals surface area contributed by atoms with E-state index in [1.807, 2.05) is 30.3 Å². The number of nitrogens with zero attached hydrogens (tertiary/aromatic N) is 2. The van der Waals surface area contributed by atoms with Crippen LogP contribution in [0.5, 0.6) is 0 Å². The topological polar surface area (TPSA) is 47.6 Å². The van der Waals surface area contributed by atoms with Gasteiger partial charge in [0.2, 0.25) is 5.91 Å². The molecule has 170 valence electrons. The summed E-state index contributed by atoms with van der Waals surface area (Å²) < 4.78 is 0. The van der Waals surface area contributed by atoms with Crippen molar-refractivity contribution in [2.45, 2.75) is 26.7 Å². The lowest BCUT2D eigenvalue weighted by Gasteiger charge is -2.37. The summed E-state index contributed by atoms with van der Waals surface area (Å²) in [6.07, 6.45) is 3.27. The molecule has 2 aromatic carbocycles. The van der Waals surface area contributed by atoms with Crippen LogP contribution in [-0.2, 0) is 4.79 Å². The Hall–Kier alpha value is -2.41. The third-order valence-corrected chi connectivity index (χ3v) is 6.15. The number of benzene rings is 2. The molecule has 0 radical (unpaired) electrons. The van der Waals surface area contributed by atoms with Crippen molar-refractivity contribution in [2.24, 2.45) is 0 Å². The van der Waals surface area contributed by atoms with Crippen LogP contribution in [0.15, 0.2) is 48.5 Å². The first kappa shape index (κ1) is 24.2. The molecule has 1 fully saturated rings. The maximum atomic E-state index is 12.3. The summed E-state index contributed by atoms with van der Waals surface area (Å²) in [5, 5.41) is 6.77. The van der Waals surface area contributed by atoms with Gasteiger partial charge >= 0.3 is 0 Å². The molecule has 3 rings (SSSR count). The van der Waals surface area contributed by atoms with E-state index in [0.29, 0.717) is 10.9 Å². The molecule has 1 amide bonds. The molecular weight excluding hydrogens is 440 g/mol. The van der Waals surface area contributed by atoms with E-state index in [4.69, 9.17) is 23.8 Å². The number of thiocarbonyl (C=S) groups is 1. The van der Waals surface area contributed by atoms with Crippen LogP contribution in [0.3, 0.4) is 0 Å². The molecule has 7 heteroatoms. The Labute approximate surface area is 201 Å². The Morgan fingerprint density at radius 2 is 1.81 bits per heavy atom. The molecule has 0 aromatic heterocycles. The highest BCUT2D eigenvalue weighted by molar-refractivity contribution is 7.80.